The van der Waals surface area contributed by atoms with Crippen molar-refractivity contribution in [2.45, 2.75) is 25.5 Å². The molecule has 0 aliphatic heterocycles. The third-order valence-corrected chi connectivity index (χ3v) is 8.42. The molecule has 0 unspecified atom stereocenters. The second kappa shape index (κ2) is 10.9. The molecular formula is C29H24ClN3O2S2. The van der Waals surface area contributed by atoms with E-state index >= 15 is 0 Å². The highest BCUT2D eigenvalue weighted by atomic mass is 35.5. The SMILES string of the molecule is Cc1ccc(C)c(-n2c(SCC(=O)NCc3ccccc3Cl)nc3cc(-c4ccccc4)sc3c2=O)c1. The van der Waals surface area contributed by atoms with Gasteiger partial charge in [-0.3, -0.25) is 14.2 Å². The van der Waals surface area contributed by atoms with Gasteiger partial charge in [0.05, 0.1) is 17.0 Å². The third-order valence-electron chi connectivity index (χ3n) is 5.95. The Kier molecular flexibility index (Phi) is 7.46. The number of hydrogen-bond acceptors (Lipinski definition) is 5. The van der Waals surface area contributed by atoms with Crippen molar-refractivity contribution in [2.75, 3.05) is 5.75 Å². The van der Waals surface area contributed by atoms with E-state index in [0.717, 1.165) is 32.8 Å². The molecule has 1 amide bonds. The van der Waals surface area contributed by atoms with Crippen LogP contribution in [0.3, 0.4) is 0 Å². The summed E-state index contributed by atoms with van der Waals surface area (Å²) < 4.78 is 2.23. The quantitative estimate of drug-likeness (QED) is 0.180. The first-order valence-electron chi connectivity index (χ1n) is 11.7. The van der Waals surface area contributed by atoms with Crippen LogP contribution in [-0.4, -0.2) is 21.2 Å². The molecule has 0 fully saturated rings. The first kappa shape index (κ1) is 25.3. The molecule has 5 rings (SSSR count). The van der Waals surface area contributed by atoms with Crippen LogP contribution >= 0.6 is 34.7 Å². The van der Waals surface area contributed by atoms with Gasteiger partial charge in [0.25, 0.3) is 5.56 Å². The molecule has 3 aromatic carbocycles. The van der Waals surface area contributed by atoms with Crippen LogP contribution in [0.5, 0.6) is 0 Å². The van der Waals surface area contributed by atoms with Gasteiger partial charge in [-0.05, 0) is 54.3 Å². The lowest BCUT2D eigenvalue weighted by Gasteiger charge is -2.15. The molecule has 0 radical (unpaired) electrons. The van der Waals surface area contributed by atoms with E-state index in [9.17, 15) is 9.59 Å². The molecule has 0 aliphatic rings. The molecule has 0 bridgehead atoms. The molecule has 1 N–H and O–H groups in total. The summed E-state index contributed by atoms with van der Waals surface area (Å²) in [5.74, 6) is -0.0507. The predicted octanol–water partition coefficient (Wildman–Crippen LogP) is 6.79. The highest BCUT2D eigenvalue weighted by Crippen LogP contribution is 2.33. The molecule has 2 aromatic heterocycles. The molecule has 186 valence electrons. The van der Waals surface area contributed by atoms with Gasteiger partial charge in [0.2, 0.25) is 5.91 Å². The number of carbonyl (C=O) groups is 1. The normalized spacial score (nSPS) is 11.1. The lowest BCUT2D eigenvalue weighted by molar-refractivity contribution is -0.118. The maximum absolute atomic E-state index is 13.9. The molecule has 0 saturated carbocycles. The van der Waals surface area contributed by atoms with Crippen molar-refractivity contribution in [3.05, 3.63) is 111 Å². The lowest BCUT2D eigenvalue weighted by Crippen LogP contribution is -2.26. The second-order valence-corrected chi connectivity index (χ2v) is 11.1. The molecule has 0 saturated heterocycles. The molecule has 0 spiro atoms. The van der Waals surface area contributed by atoms with Crippen LogP contribution in [0.15, 0.2) is 88.8 Å². The predicted molar refractivity (Wildman–Crippen MR) is 154 cm³/mol. The summed E-state index contributed by atoms with van der Waals surface area (Å²) in [7, 11) is 0. The fourth-order valence-electron chi connectivity index (χ4n) is 3.99. The smallest absolute Gasteiger partial charge is 0.276 e. The van der Waals surface area contributed by atoms with Gasteiger partial charge in [-0.25, -0.2) is 4.98 Å². The van der Waals surface area contributed by atoms with E-state index in [0.29, 0.717) is 26.9 Å². The lowest BCUT2D eigenvalue weighted by atomic mass is 10.1. The highest BCUT2D eigenvalue weighted by Gasteiger charge is 2.19. The van der Waals surface area contributed by atoms with E-state index in [1.165, 1.54) is 23.1 Å². The van der Waals surface area contributed by atoms with Gasteiger partial charge in [0.1, 0.15) is 4.70 Å². The molecule has 8 heteroatoms. The Labute approximate surface area is 228 Å². The van der Waals surface area contributed by atoms with Crippen LogP contribution in [0.4, 0.5) is 0 Å². The molecular weight excluding hydrogens is 522 g/mol. The van der Waals surface area contributed by atoms with Gasteiger partial charge in [-0.15, -0.1) is 11.3 Å². The summed E-state index contributed by atoms with van der Waals surface area (Å²) in [6.45, 7) is 4.30. The summed E-state index contributed by atoms with van der Waals surface area (Å²) in [5, 5.41) is 4.00. The van der Waals surface area contributed by atoms with Crippen molar-refractivity contribution in [2.24, 2.45) is 0 Å². The van der Waals surface area contributed by atoms with Crippen molar-refractivity contribution >= 4 is 50.8 Å². The van der Waals surface area contributed by atoms with Crippen LogP contribution in [0, 0.1) is 13.8 Å². The number of halogens is 1. The standard InChI is InChI=1S/C29H24ClN3O2S2/c1-18-12-13-19(2)24(14-18)33-28(35)27-23(15-25(37-27)20-8-4-3-5-9-20)32-29(33)36-17-26(34)31-16-21-10-6-7-11-22(21)30/h3-15H,16-17H2,1-2H3,(H,31,34). The van der Waals surface area contributed by atoms with E-state index in [-0.39, 0.29) is 17.2 Å². The minimum absolute atomic E-state index is 0.114. The molecule has 2 heterocycles. The van der Waals surface area contributed by atoms with Crippen LogP contribution in [0.2, 0.25) is 5.02 Å². The zero-order valence-corrected chi connectivity index (χ0v) is 22.7. The van der Waals surface area contributed by atoms with E-state index in [1.807, 2.05) is 86.6 Å². The number of nitrogens with one attached hydrogen (secondary N) is 1. The fraction of sp³-hybridized carbons (Fsp3) is 0.138. The summed E-state index contributed by atoms with van der Waals surface area (Å²) in [6, 6.07) is 25.3. The monoisotopic (exact) mass is 545 g/mol. The molecule has 37 heavy (non-hydrogen) atoms. The largest absolute Gasteiger partial charge is 0.351 e. The zero-order valence-electron chi connectivity index (χ0n) is 20.3. The van der Waals surface area contributed by atoms with Gasteiger partial charge in [-0.1, -0.05) is 84.0 Å². The summed E-state index contributed by atoms with van der Waals surface area (Å²) in [6.07, 6.45) is 0. The number of benzene rings is 3. The van der Waals surface area contributed by atoms with Crippen LogP contribution in [0.1, 0.15) is 16.7 Å². The van der Waals surface area contributed by atoms with Crippen molar-refractivity contribution < 1.29 is 4.79 Å². The van der Waals surface area contributed by atoms with Crippen molar-refractivity contribution in [3.63, 3.8) is 0 Å². The van der Waals surface area contributed by atoms with Gasteiger partial charge in [0.15, 0.2) is 5.16 Å². The zero-order chi connectivity index (χ0) is 25.9. The van der Waals surface area contributed by atoms with Crippen LogP contribution in [-0.2, 0) is 11.3 Å². The second-order valence-electron chi connectivity index (χ2n) is 8.67. The van der Waals surface area contributed by atoms with E-state index in [4.69, 9.17) is 16.6 Å². The van der Waals surface area contributed by atoms with Gasteiger partial charge < -0.3 is 5.32 Å². The highest BCUT2D eigenvalue weighted by molar-refractivity contribution is 7.99. The topological polar surface area (TPSA) is 64.0 Å². The number of aryl methyl sites for hydroxylation is 2. The molecule has 0 atom stereocenters. The number of fused-ring (bicyclic) bond motifs is 1. The maximum atomic E-state index is 13.9. The number of rotatable bonds is 7. The van der Waals surface area contributed by atoms with E-state index < -0.39 is 0 Å². The van der Waals surface area contributed by atoms with Crippen molar-refractivity contribution in [3.8, 4) is 16.1 Å². The molecule has 0 aliphatic carbocycles. The number of amides is 1. The fourth-order valence-corrected chi connectivity index (χ4v) is 6.06. The van der Waals surface area contributed by atoms with Crippen molar-refractivity contribution in [1.29, 1.82) is 0 Å². The Morgan fingerprint density at radius 3 is 2.57 bits per heavy atom. The van der Waals surface area contributed by atoms with Crippen LogP contribution < -0.4 is 10.9 Å². The van der Waals surface area contributed by atoms with Gasteiger partial charge >= 0.3 is 0 Å². The number of aromatic nitrogens is 2. The first-order valence-corrected chi connectivity index (χ1v) is 13.9. The average Bonchev–Trinajstić information content (AvgIpc) is 3.34. The number of nitrogens with zero attached hydrogens (tertiary/aromatic N) is 2. The Hall–Kier alpha value is -3.39. The summed E-state index contributed by atoms with van der Waals surface area (Å²) in [4.78, 5) is 32.4. The van der Waals surface area contributed by atoms with Crippen molar-refractivity contribution in [1.82, 2.24) is 14.9 Å². The number of carbonyl (C=O) groups excluding carboxylic acids is 1. The average molecular weight is 546 g/mol. The first-order chi connectivity index (χ1) is 17.9. The molecule has 5 aromatic rings. The van der Waals surface area contributed by atoms with Gasteiger partial charge in [-0.2, -0.15) is 0 Å². The number of hydrogen-bond donors (Lipinski definition) is 1. The van der Waals surface area contributed by atoms with Crippen LogP contribution in [0.25, 0.3) is 26.3 Å². The number of thiophene rings is 1. The minimum Gasteiger partial charge on any atom is -0.351 e. The Balaban J connectivity index is 1.51. The Bertz CT molecular complexity index is 1660. The maximum Gasteiger partial charge on any atom is 0.276 e. The summed E-state index contributed by atoms with van der Waals surface area (Å²) in [5.41, 5.74) is 5.15. The third kappa shape index (κ3) is 5.49. The van der Waals surface area contributed by atoms with Gasteiger partial charge in [0, 0.05) is 16.4 Å². The Morgan fingerprint density at radius 2 is 1.78 bits per heavy atom. The van der Waals surface area contributed by atoms with E-state index in [2.05, 4.69) is 5.32 Å². The number of thioether (sulfide) groups is 1. The Morgan fingerprint density at radius 1 is 1.03 bits per heavy atom. The summed E-state index contributed by atoms with van der Waals surface area (Å²) >= 11 is 8.90. The molecule has 5 nitrogen and oxygen atoms in total. The minimum atomic E-state index is -0.165. The van der Waals surface area contributed by atoms with E-state index in [1.54, 1.807) is 10.6 Å².